The molecular formula is C47H41NSi. The minimum absolute atomic E-state index is 0.0924. The second-order valence-corrected chi connectivity index (χ2v) is 18.7. The van der Waals surface area contributed by atoms with Gasteiger partial charge >= 0.3 is 0 Å². The molecule has 0 spiro atoms. The van der Waals surface area contributed by atoms with Crippen molar-refractivity contribution >= 4 is 45.8 Å². The summed E-state index contributed by atoms with van der Waals surface area (Å²) in [5, 5.41) is 5.65. The Morgan fingerprint density at radius 1 is 0.592 bits per heavy atom. The molecule has 49 heavy (non-hydrogen) atoms. The Labute approximate surface area is 291 Å². The molecule has 1 aliphatic heterocycles. The summed E-state index contributed by atoms with van der Waals surface area (Å²) in [4.78, 5) is 2.65. The average molecular weight is 648 g/mol. The molecule has 0 aromatic heterocycles. The van der Waals surface area contributed by atoms with Gasteiger partial charge < -0.3 is 4.90 Å². The van der Waals surface area contributed by atoms with Gasteiger partial charge in [0.1, 0.15) is 0 Å². The van der Waals surface area contributed by atoms with E-state index in [4.69, 9.17) is 0 Å². The van der Waals surface area contributed by atoms with Crippen LogP contribution in [0, 0.1) is 0 Å². The van der Waals surface area contributed by atoms with E-state index in [1.165, 1.54) is 65.5 Å². The van der Waals surface area contributed by atoms with Crippen molar-refractivity contribution in [1.82, 2.24) is 0 Å². The van der Waals surface area contributed by atoms with E-state index in [0.717, 1.165) is 6.42 Å². The van der Waals surface area contributed by atoms with E-state index in [2.05, 4.69) is 196 Å². The third kappa shape index (κ3) is 4.65. The fourth-order valence-electron chi connectivity index (χ4n) is 8.86. The molecule has 0 N–H and O–H groups in total. The minimum Gasteiger partial charge on any atom is -0.333 e. The highest BCUT2D eigenvalue weighted by atomic mass is 28.3. The van der Waals surface area contributed by atoms with Gasteiger partial charge in [-0.05, 0) is 84.2 Å². The molecule has 0 radical (unpaired) electrons. The lowest BCUT2D eigenvalue weighted by Crippen LogP contribution is -2.74. The standard InChI is InChI=1S/C47H41NSi/c1-47(2,3)35-26-24-33-30-34-25-28-41-43-32-40(27-29-44(43)48(36-16-8-4-9-17-36)46(41)45(34)42(33)31-35)49(37-18-10-5-11-19-37,38-20-12-6-13-21-38)39-22-14-7-15-23-39/h4-29,31-32,41,46H,30H2,1-3H3. The van der Waals surface area contributed by atoms with Crippen molar-refractivity contribution in [3.8, 4) is 0 Å². The molecule has 1 heterocycles. The molecule has 6 aromatic carbocycles. The fourth-order valence-corrected chi connectivity index (χ4v) is 13.6. The van der Waals surface area contributed by atoms with E-state index in [9.17, 15) is 0 Å². The minimum atomic E-state index is -2.67. The van der Waals surface area contributed by atoms with Gasteiger partial charge in [0.05, 0.1) is 6.04 Å². The first-order chi connectivity index (χ1) is 23.9. The summed E-state index contributed by atoms with van der Waals surface area (Å²) in [5.74, 6) is 0.243. The topological polar surface area (TPSA) is 3.24 Å². The van der Waals surface area contributed by atoms with Crippen molar-refractivity contribution in [1.29, 1.82) is 0 Å². The molecule has 2 aliphatic carbocycles. The number of fused-ring (bicyclic) bond motifs is 6. The maximum absolute atomic E-state index is 2.67. The predicted molar refractivity (Wildman–Crippen MR) is 210 cm³/mol. The van der Waals surface area contributed by atoms with Crippen molar-refractivity contribution in [2.24, 2.45) is 0 Å². The molecule has 238 valence electrons. The van der Waals surface area contributed by atoms with Gasteiger partial charge in [-0.1, -0.05) is 172 Å². The van der Waals surface area contributed by atoms with E-state index in [0.29, 0.717) is 0 Å². The van der Waals surface area contributed by atoms with Crippen LogP contribution < -0.4 is 25.6 Å². The van der Waals surface area contributed by atoms with Crippen LogP contribution in [-0.2, 0) is 11.8 Å². The Hall–Kier alpha value is -5.18. The van der Waals surface area contributed by atoms with Crippen molar-refractivity contribution < 1.29 is 0 Å². The summed E-state index contributed by atoms with van der Waals surface area (Å²) in [7, 11) is -2.67. The quantitative estimate of drug-likeness (QED) is 0.134. The number of hydrogen-bond donors (Lipinski definition) is 0. The van der Waals surface area contributed by atoms with E-state index in [-0.39, 0.29) is 17.4 Å². The molecule has 3 aliphatic rings. The average Bonchev–Trinajstić information content (AvgIpc) is 3.68. The fraction of sp³-hybridized carbons (Fsp3) is 0.149. The van der Waals surface area contributed by atoms with Crippen molar-refractivity contribution in [2.75, 3.05) is 4.90 Å². The van der Waals surface area contributed by atoms with Crippen LogP contribution in [0.1, 0.15) is 48.9 Å². The summed E-state index contributed by atoms with van der Waals surface area (Å²) in [6, 6.07) is 59.9. The molecule has 0 bridgehead atoms. The lowest BCUT2D eigenvalue weighted by Gasteiger charge is -2.35. The predicted octanol–water partition coefficient (Wildman–Crippen LogP) is 8.55. The van der Waals surface area contributed by atoms with Crippen LogP contribution in [-0.4, -0.2) is 14.1 Å². The molecule has 2 atom stereocenters. The molecule has 1 nitrogen and oxygen atoms in total. The Morgan fingerprint density at radius 3 is 1.73 bits per heavy atom. The van der Waals surface area contributed by atoms with Crippen LogP contribution in [0.2, 0.25) is 0 Å². The number of benzene rings is 6. The molecule has 2 unspecified atom stereocenters. The van der Waals surface area contributed by atoms with Crippen LogP contribution in [0.4, 0.5) is 11.4 Å². The van der Waals surface area contributed by atoms with Crippen LogP contribution >= 0.6 is 0 Å². The lowest BCUT2D eigenvalue weighted by molar-refractivity contribution is 0.590. The van der Waals surface area contributed by atoms with E-state index in [1.54, 1.807) is 0 Å². The first-order valence-corrected chi connectivity index (χ1v) is 19.6. The van der Waals surface area contributed by atoms with Crippen molar-refractivity contribution in [3.63, 3.8) is 0 Å². The maximum Gasteiger partial charge on any atom is 0.179 e. The smallest absolute Gasteiger partial charge is 0.179 e. The number of para-hydroxylation sites is 1. The second-order valence-electron chi connectivity index (χ2n) is 14.9. The highest BCUT2D eigenvalue weighted by molar-refractivity contribution is 7.19. The van der Waals surface area contributed by atoms with Gasteiger partial charge in [0.15, 0.2) is 8.07 Å². The van der Waals surface area contributed by atoms with E-state index < -0.39 is 8.07 Å². The summed E-state index contributed by atoms with van der Waals surface area (Å²) in [6.07, 6.45) is 5.97. The maximum atomic E-state index is 2.65. The molecule has 0 saturated heterocycles. The zero-order valence-electron chi connectivity index (χ0n) is 28.5. The Kier molecular flexibility index (Phi) is 7.00. The number of allylic oxidation sites excluding steroid dienone is 2. The highest BCUT2D eigenvalue weighted by Gasteiger charge is 2.47. The third-order valence-corrected chi connectivity index (χ3v) is 15.9. The molecule has 0 fully saturated rings. The zero-order chi connectivity index (χ0) is 33.2. The molecule has 6 aromatic rings. The molecule has 9 rings (SSSR count). The number of anilines is 2. The molecular weight excluding hydrogens is 607 g/mol. The number of rotatable bonds is 5. The van der Waals surface area contributed by atoms with E-state index in [1.807, 2.05) is 0 Å². The monoisotopic (exact) mass is 647 g/mol. The third-order valence-electron chi connectivity index (χ3n) is 11.1. The van der Waals surface area contributed by atoms with Crippen LogP contribution in [0.15, 0.2) is 175 Å². The SMILES string of the molecule is CC(C)(C)c1ccc2c(c1)C1=C(C=CC3c4cc([Si](c5ccccc5)(c5ccccc5)c5ccccc5)ccc4N(c4ccccc4)C13)C2. The first-order valence-electron chi connectivity index (χ1n) is 17.6. The van der Waals surface area contributed by atoms with Gasteiger partial charge in [-0.25, -0.2) is 0 Å². The summed E-state index contributed by atoms with van der Waals surface area (Å²) in [6.45, 7) is 6.98. The van der Waals surface area contributed by atoms with Crippen LogP contribution in [0.3, 0.4) is 0 Å². The molecule has 0 amide bonds. The Morgan fingerprint density at radius 2 is 1.16 bits per heavy atom. The Bertz CT molecular complexity index is 2130. The number of hydrogen-bond acceptors (Lipinski definition) is 1. The molecule has 2 heteroatoms. The highest BCUT2D eigenvalue weighted by Crippen LogP contribution is 2.55. The van der Waals surface area contributed by atoms with Crippen LogP contribution in [0.5, 0.6) is 0 Å². The van der Waals surface area contributed by atoms with Gasteiger partial charge in [-0.2, -0.15) is 0 Å². The summed E-state index contributed by atoms with van der Waals surface area (Å²) >= 11 is 0. The molecule has 0 saturated carbocycles. The summed E-state index contributed by atoms with van der Waals surface area (Å²) < 4.78 is 0. The van der Waals surface area contributed by atoms with E-state index >= 15 is 0 Å². The van der Waals surface area contributed by atoms with Gasteiger partial charge in [0, 0.05) is 17.3 Å². The first kappa shape index (κ1) is 29.9. The normalized spacial score (nSPS) is 17.8. The van der Waals surface area contributed by atoms with Gasteiger partial charge in [0.2, 0.25) is 0 Å². The summed E-state index contributed by atoms with van der Waals surface area (Å²) in [5.41, 5.74) is 11.4. The largest absolute Gasteiger partial charge is 0.333 e. The Balaban J connectivity index is 1.29. The lowest BCUT2D eigenvalue weighted by atomic mass is 9.80. The van der Waals surface area contributed by atoms with Crippen molar-refractivity contribution in [2.45, 2.75) is 44.6 Å². The second kappa shape index (κ2) is 11.5. The number of nitrogens with zero attached hydrogens (tertiary/aromatic N) is 1. The van der Waals surface area contributed by atoms with Crippen molar-refractivity contribution in [3.05, 3.63) is 198 Å². The van der Waals surface area contributed by atoms with Gasteiger partial charge in [-0.15, -0.1) is 0 Å². The van der Waals surface area contributed by atoms with Gasteiger partial charge in [-0.3, -0.25) is 0 Å². The zero-order valence-corrected chi connectivity index (χ0v) is 29.5. The van der Waals surface area contributed by atoms with Crippen LogP contribution in [0.25, 0.3) is 5.57 Å². The van der Waals surface area contributed by atoms with Gasteiger partial charge in [0.25, 0.3) is 0 Å².